The van der Waals surface area contributed by atoms with Crippen molar-refractivity contribution in [3.63, 3.8) is 0 Å². The summed E-state index contributed by atoms with van der Waals surface area (Å²) in [5, 5.41) is 0. The van der Waals surface area contributed by atoms with Crippen molar-refractivity contribution in [3.05, 3.63) is 29.8 Å². The van der Waals surface area contributed by atoms with Crippen LogP contribution in [0.4, 0.5) is 0 Å². The molecule has 0 saturated carbocycles. The van der Waals surface area contributed by atoms with Crippen molar-refractivity contribution in [3.8, 4) is 0 Å². The van der Waals surface area contributed by atoms with Gasteiger partial charge in [-0.1, -0.05) is 18.6 Å². The molecule has 1 unspecified atom stereocenters. The molecule has 6 heteroatoms. The van der Waals surface area contributed by atoms with Crippen molar-refractivity contribution in [1.82, 2.24) is 9.21 Å². The van der Waals surface area contributed by atoms with E-state index in [1.54, 1.807) is 16.4 Å². The summed E-state index contributed by atoms with van der Waals surface area (Å²) < 4.78 is 27.1. The van der Waals surface area contributed by atoms with Crippen molar-refractivity contribution in [1.29, 1.82) is 0 Å². The lowest BCUT2D eigenvalue weighted by Gasteiger charge is -2.33. The monoisotopic (exact) mass is 311 g/mol. The zero-order chi connectivity index (χ0) is 15.5. The largest absolute Gasteiger partial charge is 0.329 e. The van der Waals surface area contributed by atoms with E-state index in [2.05, 4.69) is 4.90 Å². The number of hydrogen-bond acceptors (Lipinski definition) is 4. The van der Waals surface area contributed by atoms with Crippen LogP contribution < -0.4 is 5.73 Å². The summed E-state index contributed by atoms with van der Waals surface area (Å²) in [6.07, 6.45) is 2.82. The second kappa shape index (κ2) is 6.87. The zero-order valence-corrected chi connectivity index (χ0v) is 13.6. The minimum atomic E-state index is -3.43. The van der Waals surface area contributed by atoms with E-state index in [1.165, 1.54) is 0 Å². The smallest absolute Gasteiger partial charge is 0.243 e. The molecule has 5 nitrogen and oxygen atoms in total. The van der Waals surface area contributed by atoms with Gasteiger partial charge in [-0.3, -0.25) is 0 Å². The molecule has 0 radical (unpaired) electrons. The fraction of sp³-hybridized carbons (Fsp3) is 0.600. The molecule has 0 amide bonds. The van der Waals surface area contributed by atoms with Crippen LogP contribution in [-0.2, 0) is 16.6 Å². The maximum Gasteiger partial charge on any atom is 0.243 e. The summed E-state index contributed by atoms with van der Waals surface area (Å²) in [6, 6.07) is 7.11. The second-order valence-corrected chi connectivity index (χ2v) is 7.77. The zero-order valence-electron chi connectivity index (χ0n) is 12.8. The number of rotatable bonds is 5. The highest BCUT2D eigenvalue weighted by Crippen LogP contribution is 2.25. The molecule has 1 aliphatic heterocycles. The molecular formula is C15H25N3O2S. The van der Waals surface area contributed by atoms with Gasteiger partial charge in [0.25, 0.3) is 0 Å². The van der Waals surface area contributed by atoms with Crippen LogP contribution in [0.5, 0.6) is 0 Å². The Labute approximate surface area is 127 Å². The number of piperidine rings is 1. The predicted octanol–water partition coefficient (Wildman–Crippen LogP) is 1.25. The number of nitrogens with two attached hydrogens (primary N) is 1. The van der Waals surface area contributed by atoms with Crippen molar-refractivity contribution in [2.45, 2.75) is 36.7 Å². The standard InChI is InChI=1S/C15H25N3O2S/c1-17(2)12-13-6-8-15(9-7-13)21(19,20)18-10-4-3-5-14(18)11-16/h6-9,14H,3-5,10-12,16H2,1-2H3. The average molecular weight is 311 g/mol. The second-order valence-electron chi connectivity index (χ2n) is 5.88. The molecule has 2 N–H and O–H groups in total. The summed E-state index contributed by atoms with van der Waals surface area (Å²) in [7, 11) is 0.552. The molecule has 1 aliphatic rings. The Hall–Kier alpha value is -0.950. The fourth-order valence-corrected chi connectivity index (χ4v) is 4.50. The quantitative estimate of drug-likeness (QED) is 0.889. The maximum atomic E-state index is 12.7. The third-order valence-electron chi connectivity index (χ3n) is 3.87. The SMILES string of the molecule is CN(C)Cc1ccc(S(=O)(=O)N2CCCCC2CN)cc1. The number of sulfonamides is 1. The highest BCUT2D eigenvalue weighted by Gasteiger charge is 2.32. The third-order valence-corrected chi connectivity index (χ3v) is 5.84. The molecule has 0 aromatic heterocycles. The first-order chi connectivity index (χ1) is 9.95. The minimum absolute atomic E-state index is 0.0646. The van der Waals surface area contributed by atoms with Gasteiger partial charge < -0.3 is 10.6 Å². The van der Waals surface area contributed by atoms with E-state index >= 15 is 0 Å². The van der Waals surface area contributed by atoms with E-state index in [-0.39, 0.29) is 6.04 Å². The molecular weight excluding hydrogens is 286 g/mol. The van der Waals surface area contributed by atoms with Crippen LogP contribution in [0, 0.1) is 0 Å². The Kier molecular flexibility index (Phi) is 5.37. The fourth-order valence-electron chi connectivity index (χ4n) is 2.79. The first-order valence-electron chi connectivity index (χ1n) is 7.40. The Balaban J connectivity index is 2.22. The van der Waals surface area contributed by atoms with Gasteiger partial charge in [-0.05, 0) is 44.6 Å². The van der Waals surface area contributed by atoms with Crippen molar-refractivity contribution >= 4 is 10.0 Å². The summed E-state index contributed by atoms with van der Waals surface area (Å²) >= 11 is 0. The van der Waals surface area contributed by atoms with Gasteiger partial charge in [0.15, 0.2) is 0 Å². The van der Waals surface area contributed by atoms with Gasteiger partial charge in [0.2, 0.25) is 10.0 Å². The lowest BCUT2D eigenvalue weighted by atomic mass is 10.1. The number of benzene rings is 1. The predicted molar refractivity (Wildman–Crippen MR) is 84.4 cm³/mol. The molecule has 1 fully saturated rings. The van der Waals surface area contributed by atoms with Gasteiger partial charge >= 0.3 is 0 Å². The Morgan fingerprint density at radius 3 is 2.48 bits per heavy atom. The summed E-state index contributed by atoms with van der Waals surface area (Å²) in [6.45, 7) is 1.76. The Bertz CT molecular complexity index is 555. The van der Waals surface area contributed by atoms with Crippen LogP contribution >= 0.6 is 0 Å². The highest BCUT2D eigenvalue weighted by molar-refractivity contribution is 7.89. The minimum Gasteiger partial charge on any atom is -0.329 e. The maximum absolute atomic E-state index is 12.7. The van der Waals surface area contributed by atoms with Crippen molar-refractivity contribution in [2.75, 3.05) is 27.2 Å². The Morgan fingerprint density at radius 2 is 1.90 bits per heavy atom. The molecule has 2 rings (SSSR count). The first kappa shape index (κ1) is 16.4. The molecule has 118 valence electrons. The normalized spacial score (nSPS) is 20.9. The summed E-state index contributed by atoms with van der Waals surface area (Å²) in [5.41, 5.74) is 6.84. The first-order valence-corrected chi connectivity index (χ1v) is 8.84. The summed E-state index contributed by atoms with van der Waals surface area (Å²) in [4.78, 5) is 2.42. The molecule has 0 aliphatic carbocycles. The van der Waals surface area contributed by atoms with Gasteiger partial charge in [-0.2, -0.15) is 4.31 Å². The van der Waals surface area contributed by atoms with E-state index in [4.69, 9.17) is 5.73 Å². The number of hydrogen-bond donors (Lipinski definition) is 1. The van der Waals surface area contributed by atoms with Gasteiger partial charge in [-0.25, -0.2) is 8.42 Å². The van der Waals surface area contributed by atoms with Crippen LogP contribution in [0.3, 0.4) is 0 Å². The summed E-state index contributed by atoms with van der Waals surface area (Å²) in [5.74, 6) is 0. The van der Waals surface area contributed by atoms with Crippen molar-refractivity contribution in [2.24, 2.45) is 5.73 Å². The molecule has 21 heavy (non-hydrogen) atoms. The van der Waals surface area contributed by atoms with Gasteiger partial charge in [-0.15, -0.1) is 0 Å². The van der Waals surface area contributed by atoms with Gasteiger partial charge in [0, 0.05) is 25.7 Å². The van der Waals surface area contributed by atoms with Crippen LogP contribution in [0.1, 0.15) is 24.8 Å². The van der Waals surface area contributed by atoms with Gasteiger partial charge in [0.05, 0.1) is 4.90 Å². The van der Waals surface area contributed by atoms with Crippen molar-refractivity contribution < 1.29 is 8.42 Å². The van der Waals surface area contributed by atoms with Crippen LogP contribution in [-0.4, -0.2) is 50.8 Å². The van der Waals surface area contributed by atoms with Crippen LogP contribution in [0.15, 0.2) is 29.2 Å². The highest BCUT2D eigenvalue weighted by atomic mass is 32.2. The molecule has 1 aromatic rings. The Morgan fingerprint density at radius 1 is 1.24 bits per heavy atom. The van der Waals surface area contributed by atoms with Gasteiger partial charge in [0.1, 0.15) is 0 Å². The molecule has 1 aromatic carbocycles. The van der Waals surface area contributed by atoms with E-state index in [0.29, 0.717) is 18.0 Å². The molecule has 0 spiro atoms. The van der Waals surface area contributed by atoms with E-state index in [1.807, 2.05) is 26.2 Å². The lowest BCUT2D eigenvalue weighted by molar-refractivity contribution is 0.257. The van der Waals surface area contributed by atoms with Crippen LogP contribution in [0.25, 0.3) is 0 Å². The molecule has 1 saturated heterocycles. The lowest BCUT2D eigenvalue weighted by Crippen LogP contribution is -2.47. The van der Waals surface area contributed by atoms with Crippen LogP contribution in [0.2, 0.25) is 0 Å². The third kappa shape index (κ3) is 3.83. The topological polar surface area (TPSA) is 66.6 Å². The van der Waals surface area contributed by atoms with E-state index in [0.717, 1.165) is 31.4 Å². The van der Waals surface area contributed by atoms with E-state index < -0.39 is 10.0 Å². The molecule has 1 atom stereocenters. The molecule has 0 bridgehead atoms. The molecule has 1 heterocycles. The number of nitrogens with zero attached hydrogens (tertiary/aromatic N) is 2. The average Bonchev–Trinajstić information content (AvgIpc) is 2.47. The van der Waals surface area contributed by atoms with E-state index in [9.17, 15) is 8.42 Å².